The minimum Gasteiger partial charge on any atom is -0.379 e. The molecule has 8 nitrogen and oxygen atoms in total. The number of ether oxygens (including phenoxy) is 1. The van der Waals surface area contributed by atoms with Crippen molar-refractivity contribution < 1.29 is 9.13 Å². The van der Waals surface area contributed by atoms with Gasteiger partial charge in [0.2, 0.25) is 0 Å². The zero-order valence-corrected chi connectivity index (χ0v) is 19.3. The Balaban J connectivity index is 1.31. The van der Waals surface area contributed by atoms with Crippen LogP contribution >= 0.6 is 23.4 Å². The van der Waals surface area contributed by atoms with Crippen molar-refractivity contribution in [2.75, 3.05) is 44.7 Å². The first kappa shape index (κ1) is 22.1. The number of nitrogens with one attached hydrogen (secondary N) is 4. The molecule has 1 unspecified atom stereocenters. The molecule has 3 aliphatic heterocycles. The fraction of sp³-hybridized carbons (Fsp3) is 0.318. The summed E-state index contributed by atoms with van der Waals surface area (Å²) in [5.41, 5.74) is 3.10. The third-order valence-electron chi connectivity index (χ3n) is 5.65. The van der Waals surface area contributed by atoms with Gasteiger partial charge in [0.1, 0.15) is 10.9 Å². The van der Waals surface area contributed by atoms with Gasteiger partial charge >= 0.3 is 0 Å². The van der Waals surface area contributed by atoms with Gasteiger partial charge in [0.15, 0.2) is 10.7 Å². The summed E-state index contributed by atoms with van der Waals surface area (Å²) in [7, 11) is 0. The molecule has 11 heteroatoms. The van der Waals surface area contributed by atoms with Gasteiger partial charge in [0.05, 0.1) is 30.3 Å². The number of halogens is 2. The number of allylic oxidation sites excluding steroid dienone is 1. The fourth-order valence-electron chi connectivity index (χ4n) is 3.93. The SMILES string of the molecule is N=C(NCCN1CCOCC1)C1=NC2=CC(Nc3ccc(F)c(Cl)c3)=CC3=CN=CNC32S1. The van der Waals surface area contributed by atoms with Crippen LogP contribution in [0.3, 0.4) is 0 Å². The smallest absolute Gasteiger partial charge is 0.161 e. The Bertz CT molecular complexity index is 1130. The van der Waals surface area contributed by atoms with Crippen LogP contribution in [0, 0.1) is 11.2 Å². The Labute approximate surface area is 200 Å². The highest BCUT2D eigenvalue weighted by Crippen LogP contribution is 2.48. The van der Waals surface area contributed by atoms with Crippen molar-refractivity contribution in [2.45, 2.75) is 4.87 Å². The molecule has 1 aromatic rings. The largest absolute Gasteiger partial charge is 0.379 e. The number of hydrogen-bond donors (Lipinski definition) is 4. The number of benzene rings is 1. The lowest BCUT2D eigenvalue weighted by molar-refractivity contribution is 0.0389. The Morgan fingerprint density at radius 3 is 3.00 bits per heavy atom. The first-order valence-electron chi connectivity index (χ1n) is 10.6. The molecule has 0 aromatic heterocycles. The maximum Gasteiger partial charge on any atom is 0.161 e. The van der Waals surface area contributed by atoms with Crippen LogP contribution in [0.25, 0.3) is 0 Å². The summed E-state index contributed by atoms with van der Waals surface area (Å²) in [5, 5.41) is 19.0. The van der Waals surface area contributed by atoms with Gasteiger partial charge in [0, 0.05) is 49.3 Å². The molecular formula is C22H23ClFN7OS. The standard InChI is InChI=1S/C22H23ClFN7OS/c23-17-10-15(1-2-18(17)24)29-16-9-14-12-26-13-28-22(14)19(11-16)30-21(33-22)20(25)27-3-4-31-5-7-32-8-6-31/h1-2,9-13,29H,3-8H2,(H2,25,27)(H,26,28). The Kier molecular flexibility index (Phi) is 6.24. The first-order valence-corrected chi connectivity index (χ1v) is 11.8. The number of amidine groups is 1. The van der Waals surface area contributed by atoms with Crippen LogP contribution in [0.2, 0.25) is 5.02 Å². The van der Waals surface area contributed by atoms with Crippen molar-refractivity contribution >= 4 is 46.3 Å². The van der Waals surface area contributed by atoms with Crippen molar-refractivity contribution in [2.24, 2.45) is 9.98 Å². The summed E-state index contributed by atoms with van der Waals surface area (Å²) in [6.07, 6.45) is 7.31. The second kappa shape index (κ2) is 9.30. The maximum absolute atomic E-state index is 13.5. The zero-order valence-electron chi connectivity index (χ0n) is 17.7. The van der Waals surface area contributed by atoms with E-state index in [1.165, 1.54) is 23.9 Å². The summed E-state index contributed by atoms with van der Waals surface area (Å²) >= 11 is 7.40. The van der Waals surface area contributed by atoms with E-state index in [1.54, 1.807) is 18.6 Å². The second-order valence-corrected chi connectivity index (χ2v) is 9.46. The topological polar surface area (TPSA) is 97.1 Å². The van der Waals surface area contributed by atoms with Gasteiger partial charge in [-0.15, -0.1) is 0 Å². The van der Waals surface area contributed by atoms with E-state index in [9.17, 15) is 4.39 Å². The number of morpholine rings is 1. The van der Waals surface area contributed by atoms with Crippen molar-refractivity contribution in [3.05, 3.63) is 64.4 Å². The third-order valence-corrected chi connectivity index (χ3v) is 7.30. The van der Waals surface area contributed by atoms with E-state index in [2.05, 4.69) is 25.8 Å². The lowest BCUT2D eigenvalue weighted by atomic mass is 9.96. The number of nitrogens with zero attached hydrogens (tertiary/aromatic N) is 3. The van der Waals surface area contributed by atoms with Gasteiger partial charge in [-0.05, 0) is 30.4 Å². The second-order valence-electron chi connectivity index (χ2n) is 7.85. The van der Waals surface area contributed by atoms with Crippen LogP contribution in [-0.2, 0) is 4.74 Å². The zero-order chi connectivity index (χ0) is 22.8. The van der Waals surface area contributed by atoms with Gasteiger partial charge in [-0.3, -0.25) is 10.3 Å². The van der Waals surface area contributed by atoms with Gasteiger partial charge in [0.25, 0.3) is 0 Å². The van der Waals surface area contributed by atoms with E-state index in [0.717, 1.165) is 49.8 Å². The molecule has 0 saturated carbocycles. The molecule has 1 atom stereocenters. The van der Waals surface area contributed by atoms with Gasteiger partial charge in [-0.1, -0.05) is 23.4 Å². The van der Waals surface area contributed by atoms with Crippen LogP contribution in [0.5, 0.6) is 0 Å². The van der Waals surface area contributed by atoms with Crippen LogP contribution < -0.4 is 16.0 Å². The van der Waals surface area contributed by atoms with E-state index in [4.69, 9.17) is 26.7 Å². The number of hydrogen-bond acceptors (Lipinski definition) is 8. The van der Waals surface area contributed by atoms with E-state index in [-0.39, 0.29) is 5.02 Å². The molecule has 0 amide bonds. The quantitative estimate of drug-likeness (QED) is 0.364. The minimum atomic E-state index is -0.624. The average molecular weight is 488 g/mol. The van der Waals surface area contributed by atoms with Crippen molar-refractivity contribution in [1.82, 2.24) is 15.5 Å². The fourth-order valence-corrected chi connectivity index (χ4v) is 5.27. The predicted octanol–water partition coefficient (Wildman–Crippen LogP) is 2.93. The summed E-state index contributed by atoms with van der Waals surface area (Å²) < 4.78 is 18.9. The summed E-state index contributed by atoms with van der Waals surface area (Å²) in [5.74, 6) is -0.173. The maximum atomic E-state index is 13.5. The van der Waals surface area contributed by atoms with E-state index in [1.807, 2.05) is 12.2 Å². The molecule has 5 rings (SSSR count). The Morgan fingerprint density at radius 2 is 2.18 bits per heavy atom. The van der Waals surface area contributed by atoms with Gasteiger partial charge < -0.3 is 20.7 Å². The normalized spacial score (nSPS) is 23.9. The van der Waals surface area contributed by atoms with Crippen LogP contribution in [0.15, 0.2) is 63.5 Å². The molecule has 1 saturated heterocycles. The van der Waals surface area contributed by atoms with E-state index in [0.29, 0.717) is 23.1 Å². The molecule has 172 valence electrons. The van der Waals surface area contributed by atoms with E-state index >= 15 is 0 Å². The highest BCUT2D eigenvalue weighted by Gasteiger charge is 2.47. The minimum absolute atomic E-state index is 0.0508. The molecule has 0 radical (unpaired) electrons. The summed E-state index contributed by atoms with van der Waals surface area (Å²) in [6.45, 7) is 4.86. The summed E-state index contributed by atoms with van der Waals surface area (Å²) in [4.78, 5) is 10.7. The number of rotatable bonds is 6. The molecule has 1 aromatic carbocycles. The molecule has 4 N–H and O–H groups in total. The predicted molar refractivity (Wildman–Crippen MR) is 132 cm³/mol. The van der Waals surface area contributed by atoms with Gasteiger partial charge in [-0.25, -0.2) is 14.4 Å². The highest BCUT2D eigenvalue weighted by molar-refractivity contribution is 8.17. The first-order chi connectivity index (χ1) is 16.0. The monoisotopic (exact) mass is 487 g/mol. The number of aliphatic imine (C=N–C) groups is 2. The molecule has 33 heavy (non-hydrogen) atoms. The molecule has 1 spiro atoms. The van der Waals surface area contributed by atoms with Crippen molar-refractivity contribution in [1.29, 1.82) is 5.41 Å². The van der Waals surface area contributed by atoms with Gasteiger partial charge in [-0.2, -0.15) is 0 Å². The van der Waals surface area contributed by atoms with Crippen molar-refractivity contribution in [3.63, 3.8) is 0 Å². The molecule has 1 fully saturated rings. The third kappa shape index (κ3) is 4.56. The number of thioether (sulfide) groups is 1. The highest BCUT2D eigenvalue weighted by atomic mass is 35.5. The lowest BCUT2D eigenvalue weighted by Crippen LogP contribution is -2.46. The lowest BCUT2D eigenvalue weighted by Gasteiger charge is -2.35. The Morgan fingerprint density at radius 1 is 1.33 bits per heavy atom. The Hall–Kier alpha value is -2.66. The van der Waals surface area contributed by atoms with Crippen LogP contribution in [0.4, 0.5) is 10.1 Å². The average Bonchev–Trinajstić information content (AvgIpc) is 3.19. The van der Waals surface area contributed by atoms with E-state index < -0.39 is 10.7 Å². The van der Waals surface area contributed by atoms with Crippen molar-refractivity contribution in [3.8, 4) is 0 Å². The molecule has 4 aliphatic rings. The number of anilines is 1. The molecule has 3 heterocycles. The molecule has 0 bridgehead atoms. The summed E-state index contributed by atoms with van der Waals surface area (Å²) in [6, 6.07) is 4.49. The molecule has 1 aliphatic carbocycles. The molecular weight excluding hydrogens is 465 g/mol. The van der Waals surface area contributed by atoms with Crippen LogP contribution in [-0.4, -0.2) is 66.4 Å². The van der Waals surface area contributed by atoms with Crippen LogP contribution in [0.1, 0.15) is 0 Å².